The Hall–Kier alpha value is -2.40. The number of sulfonamides is 1. The summed E-state index contributed by atoms with van der Waals surface area (Å²) in [5.74, 6) is -2.78. The summed E-state index contributed by atoms with van der Waals surface area (Å²) in [6, 6.07) is 2.44. The van der Waals surface area contributed by atoms with Crippen molar-refractivity contribution >= 4 is 21.9 Å². The first-order valence-electron chi connectivity index (χ1n) is 7.83. The molecule has 2 aromatic rings. The Kier molecular flexibility index (Phi) is 5.01. The predicted octanol–water partition coefficient (Wildman–Crippen LogP) is 1.70. The van der Waals surface area contributed by atoms with Crippen LogP contribution in [0.3, 0.4) is 0 Å². The summed E-state index contributed by atoms with van der Waals surface area (Å²) < 4.78 is 57.6. The molecule has 0 atom stereocenters. The molecule has 3 rings (SSSR count). The van der Waals surface area contributed by atoms with Crippen molar-refractivity contribution in [3.63, 3.8) is 0 Å². The molecule has 1 N–H and O–H groups in total. The molecular formula is C15H16F2N4O4S. The molecule has 11 heteroatoms. The normalized spacial score (nSPS) is 16.6. The van der Waals surface area contributed by atoms with Crippen LogP contribution in [0.25, 0.3) is 0 Å². The Bertz CT molecular complexity index is 923. The fraction of sp³-hybridized carbons (Fsp3) is 0.400. The maximum atomic E-state index is 13.3. The summed E-state index contributed by atoms with van der Waals surface area (Å²) in [7, 11) is -3.95. The monoisotopic (exact) mass is 386 g/mol. The van der Waals surface area contributed by atoms with Crippen molar-refractivity contribution in [2.45, 2.75) is 24.7 Å². The molecule has 2 heterocycles. The number of aromatic nitrogens is 2. The second-order valence-electron chi connectivity index (χ2n) is 5.87. The van der Waals surface area contributed by atoms with Gasteiger partial charge in [0, 0.05) is 25.9 Å². The molecule has 8 nitrogen and oxygen atoms in total. The number of hydrogen-bond acceptors (Lipinski definition) is 6. The molecule has 1 aliphatic rings. The average molecular weight is 386 g/mol. The topological polar surface area (TPSA) is 105 Å². The third-order valence-electron chi connectivity index (χ3n) is 4.11. The Morgan fingerprint density at radius 2 is 1.92 bits per heavy atom. The fourth-order valence-electron chi connectivity index (χ4n) is 2.70. The molecule has 0 aliphatic carbocycles. The highest BCUT2D eigenvalue weighted by Gasteiger charge is 2.33. The lowest BCUT2D eigenvalue weighted by atomic mass is 9.97. The van der Waals surface area contributed by atoms with Crippen molar-refractivity contribution in [2.24, 2.45) is 5.92 Å². The molecule has 1 saturated heterocycles. The first-order chi connectivity index (χ1) is 12.3. The summed E-state index contributed by atoms with van der Waals surface area (Å²) in [6.07, 6.45) is 0.559. The number of piperidine rings is 1. The molecule has 1 aliphatic heterocycles. The lowest BCUT2D eigenvalue weighted by Gasteiger charge is -2.30. The van der Waals surface area contributed by atoms with Gasteiger partial charge in [0.05, 0.1) is 4.90 Å². The van der Waals surface area contributed by atoms with Crippen LogP contribution >= 0.6 is 0 Å². The lowest BCUT2D eigenvalue weighted by molar-refractivity contribution is -0.121. The predicted molar refractivity (Wildman–Crippen MR) is 85.5 cm³/mol. The first-order valence-corrected chi connectivity index (χ1v) is 9.27. The van der Waals surface area contributed by atoms with Gasteiger partial charge in [-0.2, -0.15) is 4.31 Å². The van der Waals surface area contributed by atoms with E-state index in [1.807, 2.05) is 0 Å². The number of rotatable bonds is 4. The zero-order chi connectivity index (χ0) is 18.9. The molecule has 1 aromatic heterocycles. The van der Waals surface area contributed by atoms with E-state index in [9.17, 15) is 22.0 Å². The summed E-state index contributed by atoms with van der Waals surface area (Å²) in [5, 5.41) is 9.76. The smallest absolute Gasteiger partial charge is 0.322 e. The Balaban J connectivity index is 1.63. The zero-order valence-corrected chi connectivity index (χ0v) is 14.6. The van der Waals surface area contributed by atoms with Crippen molar-refractivity contribution in [3.05, 3.63) is 35.7 Å². The maximum Gasteiger partial charge on any atom is 0.322 e. The highest BCUT2D eigenvalue weighted by atomic mass is 32.2. The van der Waals surface area contributed by atoms with E-state index in [1.54, 1.807) is 6.92 Å². The number of benzene rings is 1. The van der Waals surface area contributed by atoms with E-state index in [0.717, 1.165) is 16.4 Å². The van der Waals surface area contributed by atoms with Gasteiger partial charge in [-0.1, -0.05) is 5.10 Å². The molecule has 0 saturated carbocycles. The van der Waals surface area contributed by atoms with E-state index in [0.29, 0.717) is 12.0 Å². The molecular weight excluding hydrogens is 370 g/mol. The molecule has 0 bridgehead atoms. The third-order valence-corrected chi connectivity index (χ3v) is 6.00. The van der Waals surface area contributed by atoms with Gasteiger partial charge in [0.15, 0.2) is 11.6 Å². The maximum absolute atomic E-state index is 13.3. The van der Waals surface area contributed by atoms with E-state index >= 15 is 0 Å². The van der Waals surface area contributed by atoms with Crippen molar-refractivity contribution < 1.29 is 26.4 Å². The number of anilines is 1. The number of amides is 1. The summed E-state index contributed by atoms with van der Waals surface area (Å²) in [5.41, 5.74) is 0. The number of nitrogens with one attached hydrogen (secondary N) is 1. The molecule has 0 unspecified atom stereocenters. The van der Waals surface area contributed by atoms with Crippen molar-refractivity contribution in [3.8, 4) is 0 Å². The van der Waals surface area contributed by atoms with Crippen LogP contribution in [0, 0.1) is 24.5 Å². The number of hydrogen-bond donors (Lipinski definition) is 1. The highest BCUT2D eigenvalue weighted by molar-refractivity contribution is 7.89. The second-order valence-corrected chi connectivity index (χ2v) is 7.81. The molecule has 1 amide bonds. The number of carbonyl (C=O) groups is 1. The standard InChI is InChI=1S/C15H16F2N4O4S/c1-9-19-20-15(25-9)18-14(22)10-4-6-21(7-5-10)26(23,24)11-2-3-12(16)13(17)8-11/h2-3,8,10H,4-7H2,1H3,(H,18,20,22). The van der Waals surface area contributed by atoms with Crippen LogP contribution < -0.4 is 5.32 Å². The van der Waals surface area contributed by atoms with Gasteiger partial charge in [-0.15, -0.1) is 5.10 Å². The number of aryl methyl sites for hydroxylation is 1. The quantitative estimate of drug-likeness (QED) is 0.857. The van der Waals surface area contributed by atoms with Crippen molar-refractivity contribution in [1.29, 1.82) is 0 Å². The minimum absolute atomic E-state index is 0.00987. The molecule has 0 radical (unpaired) electrons. The first kappa shape index (κ1) is 18.4. The molecule has 26 heavy (non-hydrogen) atoms. The lowest BCUT2D eigenvalue weighted by Crippen LogP contribution is -2.41. The van der Waals surface area contributed by atoms with E-state index < -0.39 is 27.6 Å². The largest absolute Gasteiger partial charge is 0.408 e. The van der Waals surface area contributed by atoms with Gasteiger partial charge < -0.3 is 4.42 Å². The van der Waals surface area contributed by atoms with Crippen LogP contribution in [0.2, 0.25) is 0 Å². The number of carbonyl (C=O) groups excluding carboxylic acids is 1. The van der Waals surface area contributed by atoms with Crippen LogP contribution in [0.1, 0.15) is 18.7 Å². The van der Waals surface area contributed by atoms with E-state index in [-0.39, 0.29) is 42.7 Å². The minimum atomic E-state index is -3.95. The molecule has 0 spiro atoms. The second kappa shape index (κ2) is 7.08. The van der Waals surface area contributed by atoms with Crippen LogP contribution in [-0.4, -0.2) is 41.9 Å². The number of halogens is 2. The Morgan fingerprint density at radius 1 is 1.23 bits per heavy atom. The number of nitrogens with zero attached hydrogens (tertiary/aromatic N) is 3. The average Bonchev–Trinajstić information content (AvgIpc) is 3.02. The van der Waals surface area contributed by atoms with Gasteiger partial charge in [-0.05, 0) is 31.0 Å². The third kappa shape index (κ3) is 3.73. The molecule has 140 valence electrons. The van der Waals surface area contributed by atoms with Crippen LogP contribution in [-0.2, 0) is 14.8 Å². The minimum Gasteiger partial charge on any atom is -0.408 e. The van der Waals surface area contributed by atoms with Gasteiger partial charge in [0.25, 0.3) is 0 Å². The fourth-order valence-corrected chi connectivity index (χ4v) is 4.18. The van der Waals surface area contributed by atoms with E-state index in [1.165, 1.54) is 0 Å². The van der Waals surface area contributed by atoms with Gasteiger partial charge in [-0.25, -0.2) is 17.2 Å². The molecule has 1 fully saturated rings. The SMILES string of the molecule is Cc1nnc(NC(=O)C2CCN(S(=O)(=O)c3ccc(F)c(F)c3)CC2)o1. The van der Waals surface area contributed by atoms with Crippen molar-refractivity contribution in [1.82, 2.24) is 14.5 Å². The molecule has 1 aromatic carbocycles. The summed E-state index contributed by atoms with van der Waals surface area (Å²) >= 11 is 0. The van der Waals surface area contributed by atoms with E-state index in [2.05, 4.69) is 15.5 Å². The summed E-state index contributed by atoms with van der Waals surface area (Å²) in [6.45, 7) is 1.76. The van der Waals surface area contributed by atoms with Crippen LogP contribution in [0.5, 0.6) is 0 Å². The van der Waals surface area contributed by atoms with E-state index in [4.69, 9.17) is 4.42 Å². The van der Waals surface area contributed by atoms with Gasteiger partial charge in [0.2, 0.25) is 21.8 Å². The van der Waals surface area contributed by atoms with Crippen LogP contribution in [0.4, 0.5) is 14.8 Å². The Labute approximate surface area is 148 Å². The van der Waals surface area contributed by atoms with Gasteiger partial charge in [0.1, 0.15) is 0 Å². The van der Waals surface area contributed by atoms with Gasteiger partial charge >= 0.3 is 6.01 Å². The van der Waals surface area contributed by atoms with Gasteiger partial charge in [-0.3, -0.25) is 10.1 Å². The van der Waals surface area contributed by atoms with Crippen LogP contribution in [0.15, 0.2) is 27.5 Å². The summed E-state index contributed by atoms with van der Waals surface area (Å²) in [4.78, 5) is 11.9. The van der Waals surface area contributed by atoms with Crippen molar-refractivity contribution in [2.75, 3.05) is 18.4 Å². The highest BCUT2D eigenvalue weighted by Crippen LogP contribution is 2.25. The Morgan fingerprint density at radius 3 is 2.50 bits per heavy atom. The zero-order valence-electron chi connectivity index (χ0n) is 13.8.